The highest BCUT2D eigenvalue weighted by molar-refractivity contribution is 14.1. The van der Waals surface area contributed by atoms with Crippen molar-refractivity contribution in [2.24, 2.45) is 5.73 Å². The lowest BCUT2D eigenvalue weighted by Gasteiger charge is -2.15. The summed E-state index contributed by atoms with van der Waals surface area (Å²) in [5.41, 5.74) is 3.54. The SMILES string of the molecule is NCc1nc(OC(F)(F)F)cc(C(F)(F)F)c1I. The van der Waals surface area contributed by atoms with Crippen LogP contribution in [-0.2, 0) is 12.7 Å². The highest BCUT2D eigenvalue weighted by atomic mass is 127. The summed E-state index contributed by atoms with van der Waals surface area (Å²) in [4.78, 5) is 3.28. The number of pyridine rings is 1. The standard InChI is InChI=1S/C8H5F6IN2O/c9-7(10,11)3-1-5(18-8(12,13)14)17-4(2-16)6(3)15/h1H,2,16H2. The molecule has 0 amide bonds. The van der Waals surface area contributed by atoms with E-state index in [1.807, 2.05) is 0 Å². The molecule has 1 aromatic heterocycles. The maximum absolute atomic E-state index is 12.6. The predicted octanol–water partition coefficient (Wildman–Crippen LogP) is 3.06. The Balaban J connectivity index is 3.31. The zero-order valence-corrected chi connectivity index (χ0v) is 10.5. The van der Waals surface area contributed by atoms with Gasteiger partial charge in [-0.1, -0.05) is 0 Å². The Bertz CT molecular complexity index is 444. The Morgan fingerprint density at radius 3 is 2.17 bits per heavy atom. The largest absolute Gasteiger partial charge is 0.574 e. The average Bonchev–Trinajstić information content (AvgIpc) is 2.16. The maximum Gasteiger partial charge on any atom is 0.574 e. The van der Waals surface area contributed by atoms with Crippen molar-refractivity contribution >= 4 is 22.6 Å². The Kier molecular flexibility index (Phi) is 4.30. The third-order valence-electron chi connectivity index (χ3n) is 1.72. The second-order valence-corrected chi connectivity index (χ2v) is 4.10. The van der Waals surface area contributed by atoms with E-state index in [4.69, 9.17) is 5.73 Å². The van der Waals surface area contributed by atoms with Crippen LogP contribution < -0.4 is 10.5 Å². The molecule has 0 radical (unpaired) electrons. The fourth-order valence-corrected chi connectivity index (χ4v) is 1.87. The van der Waals surface area contributed by atoms with Gasteiger partial charge in [-0.25, -0.2) is 4.98 Å². The zero-order chi connectivity index (χ0) is 14.1. The van der Waals surface area contributed by atoms with Crippen molar-refractivity contribution in [1.29, 1.82) is 0 Å². The van der Waals surface area contributed by atoms with E-state index in [0.29, 0.717) is 0 Å². The van der Waals surface area contributed by atoms with Crippen molar-refractivity contribution in [3.8, 4) is 5.88 Å². The number of aromatic nitrogens is 1. The van der Waals surface area contributed by atoms with Crippen LogP contribution >= 0.6 is 22.6 Å². The van der Waals surface area contributed by atoms with Crippen LogP contribution in [0.3, 0.4) is 0 Å². The molecule has 2 N–H and O–H groups in total. The first kappa shape index (κ1) is 15.3. The molecule has 3 nitrogen and oxygen atoms in total. The molecule has 18 heavy (non-hydrogen) atoms. The molecular formula is C8H5F6IN2O. The van der Waals surface area contributed by atoms with Crippen LogP contribution in [0.5, 0.6) is 5.88 Å². The van der Waals surface area contributed by atoms with E-state index < -0.39 is 30.5 Å². The van der Waals surface area contributed by atoms with Crippen LogP contribution in [0.4, 0.5) is 26.3 Å². The Morgan fingerprint density at radius 2 is 1.78 bits per heavy atom. The molecule has 0 saturated carbocycles. The zero-order valence-electron chi connectivity index (χ0n) is 8.36. The number of rotatable bonds is 2. The van der Waals surface area contributed by atoms with E-state index in [9.17, 15) is 26.3 Å². The van der Waals surface area contributed by atoms with E-state index in [-0.39, 0.29) is 15.3 Å². The molecule has 0 fully saturated rings. The van der Waals surface area contributed by atoms with Crippen molar-refractivity contribution in [3.63, 3.8) is 0 Å². The summed E-state index contributed by atoms with van der Waals surface area (Å²) < 4.78 is 76.5. The van der Waals surface area contributed by atoms with Crippen LogP contribution in [0, 0.1) is 3.57 Å². The minimum Gasteiger partial charge on any atom is -0.388 e. The summed E-state index contributed by atoms with van der Waals surface area (Å²) in [6.07, 6.45) is -9.93. The van der Waals surface area contributed by atoms with Gasteiger partial charge in [0.05, 0.1) is 11.3 Å². The summed E-state index contributed by atoms with van der Waals surface area (Å²) >= 11 is 1.32. The van der Waals surface area contributed by atoms with Gasteiger partial charge in [0.1, 0.15) is 0 Å². The van der Waals surface area contributed by atoms with Crippen molar-refractivity contribution in [2.45, 2.75) is 19.1 Å². The van der Waals surface area contributed by atoms with Gasteiger partial charge in [-0.2, -0.15) is 13.2 Å². The van der Waals surface area contributed by atoms with E-state index in [2.05, 4.69) is 9.72 Å². The number of nitrogens with two attached hydrogens (primary N) is 1. The Morgan fingerprint density at radius 1 is 1.22 bits per heavy atom. The number of hydrogen-bond donors (Lipinski definition) is 1. The smallest absolute Gasteiger partial charge is 0.388 e. The number of nitrogens with zero attached hydrogens (tertiary/aromatic N) is 1. The lowest BCUT2D eigenvalue weighted by Crippen LogP contribution is -2.20. The Labute approximate surface area is 110 Å². The second-order valence-electron chi connectivity index (χ2n) is 3.02. The molecule has 0 aliphatic heterocycles. The summed E-state index contributed by atoms with van der Waals surface area (Å²) in [5.74, 6) is -1.18. The number of alkyl halides is 6. The van der Waals surface area contributed by atoms with Crippen LogP contribution in [0.25, 0.3) is 0 Å². The summed E-state index contributed by atoms with van der Waals surface area (Å²) in [5, 5.41) is 0. The molecule has 0 spiro atoms. The fourth-order valence-electron chi connectivity index (χ4n) is 1.07. The van der Waals surface area contributed by atoms with E-state index in [1.165, 1.54) is 22.6 Å². The monoisotopic (exact) mass is 386 g/mol. The first-order valence-corrected chi connectivity index (χ1v) is 5.35. The molecule has 10 heteroatoms. The molecule has 102 valence electrons. The number of hydrogen-bond acceptors (Lipinski definition) is 3. The fraction of sp³-hybridized carbons (Fsp3) is 0.375. The highest BCUT2D eigenvalue weighted by Crippen LogP contribution is 2.36. The third-order valence-corrected chi connectivity index (χ3v) is 2.93. The lowest BCUT2D eigenvalue weighted by atomic mass is 10.2. The molecule has 0 bridgehead atoms. The first-order valence-electron chi connectivity index (χ1n) is 4.27. The van der Waals surface area contributed by atoms with Gasteiger partial charge in [0, 0.05) is 16.2 Å². The van der Waals surface area contributed by atoms with Gasteiger partial charge in [-0.05, 0) is 22.6 Å². The van der Waals surface area contributed by atoms with Crippen LogP contribution in [0.1, 0.15) is 11.3 Å². The van der Waals surface area contributed by atoms with E-state index in [0.717, 1.165) is 0 Å². The maximum atomic E-state index is 12.6. The third kappa shape index (κ3) is 3.86. The quantitative estimate of drug-likeness (QED) is 0.628. The number of halogens is 7. The van der Waals surface area contributed by atoms with Crippen LogP contribution in [0.15, 0.2) is 6.07 Å². The second kappa shape index (κ2) is 5.07. The Hall–Kier alpha value is -0.780. The van der Waals surface area contributed by atoms with E-state index in [1.54, 1.807) is 0 Å². The lowest BCUT2D eigenvalue weighted by molar-refractivity contribution is -0.276. The molecule has 0 unspecified atom stereocenters. The van der Waals surface area contributed by atoms with Gasteiger partial charge in [-0.15, -0.1) is 13.2 Å². The van der Waals surface area contributed by atoms with Crippen LogP contribution in [-0.4, -0.2) is 11.3 Å². The molecule has 0 saturated heterocycles. The molecule has 1 aromatic rings. The summed E-state index contributed by atoms with van der Waals surface area (Å²) in [7, 11) is 0. The van der Waals surface area contributed by atoms with Gasteiger partial charge in [0.25, 0.3) is 0 Å². The molecular weight excluding hydrogens is 381 g/mol. The van der Waals surface area contributed by atoms with Crippen LogP contribution in [0.2, 0.25) is 0 Å². The number of ether oxygens (including phenoxy) is 1. The molecule has 0 aliphatic carbocycles. The highest BCUT2D eigenvalue weighted by Gasteiger charge is 2.37. The molecule has 0 aliphatic rings. The predicted molar refractivity (Wildman–Crippen MR) is 56.5 cm³/mol. The normalized spacial score (nSPS) is 12.7. The van der Waals surface area contributed by atoms with Crippen molar-refractivity contribution < 1.29 is 31.1 Å². The molecule has 1 rings (SSSR count). The van der Waals surface area contributed by atoms with Gasteiger partial charge in [-0.3, -0.25) is 0 Å². The molecule has 0 atom stereocenters. The van der Waals surface area contributed by atoms with Crippen molar-refractivity contribution in [3.05, 3.63) is 20.9 Å². The van der Waals surface area contributed by atoms with Gasteiger partial charge >= 0.3 is 12.5 Å². The van der Waals surface area contributed by atoms with Gasteiger partial charge in [0.15, 0.2) is 0 Å². The molecule has 1 heterocycles. The first-order chi connectivity index (χ1) is 8.04. The molecule has 0 aromatic carbocycles. The average molecular weight is 386 g/mol. The van der Waals surface area contributed by atoms with Crippen molar-refractivity contribution in [1.82, 2.24) is 4.98 Å². The topological polar surface area (TPSA) is 48.1 Å². The summed E-state index contributed by atoms with van der Waals surface area (Å²) in [6, 6.07) is 0.189. The minimum absolute atomic E-state index is 0.189. The summed E-state index contributed by atoms with van der Waals surface area (Å²) in [6.45, 7) is -0.434. The van der Waals surface area contributed by atoms with E-state index >= 15 is 0 Å². The van der Waals surface area contributed by atoms with Gasteiger partial charge < -0.3 is 10.5 Å². The minimum atomic E-state index is -5.12. The van der Waals surface area contributed by atoms with Gasteiger partial charge in [0.2, 0.25) is 5.88 Å². The van der Waals surface area contributed by atoms with Crippen molar-refractivity contribution in [2.75, 3.05) is 0 Å².